The van der Waals surface area contributed by atoms with Crippen LogP contribution >= 0.6 is 11.8 Å². The lowest BCUT2D eigenvalue weighted by Crippen LogP contribution is -2.47. The molecule has 2 aliphatic rings. The van der Waals surface area contributed by atoms with E-state index in [-0.39, 0.29) is 5.91 Å². The van der Waals surface area contributed by atoms with Gasteiger partial charge in [0.15, 0.2) is 0 Å². The minimum Gasteiger partial charge on any atom is -0.333 e. The molecule has 102 valence electrons. The van der Waals surface area contributed by atoms with Crippen LogP contribution in [0.3, 0.4) is 0 Å². The number of benzene rings is 1. The van der Waals surface area contributed by atoms with Crippen LogP contribution in [0.1, 0.15) is 41.6 Å². The van der Waals surface area contributed by atoms with Gasteiger partial charge in [0.25, 0.3) is 5.91 Å². The third-order valence-corrected chi connectivity index (χ3v) is 5.61. The molecule has 1 aromatic carbocycles. The first kappa shape index (κ1) is 13.0. The maximum absolute atomic E-state index is 12.7. The van der Waals surface area contributed by atoms with E-state index in [0.29, 0.717) is 12.1 Å². The molecular formula is C16H21NOS. The molecule has 2 heterocycles. The summed E-state index contributed by atoms with van der Waals surface area (Å²) in [5.74, 6) is 0.243. The van der Waals surface area contributed by atoms with Crippen molar-refractivity contribution in [2.24, 2.45) is 0 Å². The fraction of sp³-hybridized carbons (Fsp3) is 0.562. The molecule has 2 unspecified atom stereocenters. The number of piperidine rings is 1. The number of hydrogen-bond acceptors (Lipinski definition) is 2. The van der Waals surface area contributed by atoms with E-state index in [1.807, 2.05) is 36.0 Å². The third kappa shape index (κ3) is 2.40. The van der Waals surface area contributed by atoms with Gasteiger partial charge in [0.2, 0.25) is 0 Å². The van der Waals surface area contributed by atoms with Crippen LogP contribution in [0.25, 0.3) is 0 Å². The van der Waals surface area contributed by atoms with Crippen molar-refractivity contribution in [1.82, 2.24) is 4.90 Å². The van der Waals surface area contributed by atoms with Crippen molar-refractivity contribution < 1.29 is 4.79 Å². The summed E-state index contributed by atoms with van der Waals surface area (Å²) in [6.45, 7) is 2.06. The van der Waals surface area contributed by atoms with E-state index in [1.54, 1.807) is 0 Å². The van der Waals surface area contributed by atoms with E-state index in [4.69, 9.17) is 0 Å². The smallest absolute Gasteiger partial charge is 0.254 e. The van der Waals surface area contributed by atoms with Gasteiger partial charge in [-0.2, -0.15) is 11.8 Å². The van der Waals surface area contributed by atoms with Crippen LogP contribution in [0.2, 0.25) is 0 Å². The number of nitrogens with zero attached hydrogens (tertiary/aromatic N) is 1. The molecule has 2 fully saturated rings. The fourth-order valence-corrected chi connectivity index (χ4v) is 4.33. The second kappa shape index (κ2) is 5.20. The summed E-state index contributed by atoms with van der Waals surface area (Å²) in [6.07, 6.45) is 6.94. The molecule has 1 amide bonds. The molecule has 2 bridgehead atoms. The molecule has 3 heteroatoms. The van der Waals surface area contributed by atoms with Gasteiger partial charge in [0, 0.05) is 22.9 Å². The molecule has 2 aliphatic heterocycles. The predicted octanol–water partition coefficient (Wildman–Crippen LogP) is 3.49. The van der Waals surface area contributed by atoms with Crippen LogP contribution in [-0.2, 0) is 0 Å². The lowest BCUT2D eigenvalue weighted by Gasteiger charge is -2.38. The molecule has 3 rings (SSSR count). The van der Waals surface area contributed by atoms with Gasteiger partial charge in [-0.05, 0) is 51.0 Å². The number of carbonyl (C=O) groups is 1. The Hall–Kier alpha value is -0.960. The van der Waals surface area contributed by atoms with E-state index in [0.717, 1.165) is 10.8 Å². The van der Waals surface area contributed by atoms with Gasteiger partial charge in [-0.3, -0.25) is 4.79 Å². The van der Waals surface area contributed by atoms with Crippen LogP contribution in [0, 0.1) is 6.92 Å². The second-order valence-electron chi connectivity index (χ2n) is 5.79. The first-order chi connectivity index (χ1) is 9.19. The Labute approximate surface area is 119 Å². The highest BCUT2D eigenvalue weighted by Crippen LogP contribution is 2.40. The quantitative estimate of drug-likeness (QED) is 0.823. The largest absolute Gasteiger partial charge is 0.333 e. The number of thioether (sulfide) groups is 1. The SMILES string of the molecule is CSC1CC2CCC(C1)N2C(=O)c1ccc(C)cc1. The fourth-order valence-electron chi connectivity index (χ4n) is 3.50. The number of hydrogen-bond donors (Lipinski definition) is 0. The molecule has 0 radical (unpaired) electrons. The number of amides is 1. The summed E-state index contributed by atoms with van der Waals surface area (Å²) in [5, 5.41) is 0.750. The zero-order valence-corrected chi connectivity index (χ0v) is 12.5. The molecule has 2 atom stereocenters. The maximum Gasteiger partial charge on any atom is 0.254 e. The highest BCUT2D eigenvalue weighted by molar-refractivity contribution is 7.99. The van der Waals surface area contributed by atoms with Crippen molar-refractivity contribution in [3.8, 4) is 0 Å². The third-order valence-electron chi connectivity index (χ3n) is 4.56. The van der Waals surface area contributed by atoms with Crippen LogP contribution in [-0.4, -0.2) is 34.4 Å². The van der Waals surface area contributed by atoms with E-state index < -0.39 is 0 Å². The summed E-state index contributed by atoms with van der Waals surface area (Å²) < 4.78 is 0. The Bertz CT molecular complexity index is 456. The Morgan fingerprint density at radius 3 is 2.26 bits per heavy atom. The lowest BCUT2D eigenvalue weighted by atomic mass is 10.0. The summed E-state index contributed by atoms with van der Waals surface area (Å²) in [4.78, 5) is 14.9. The van der Waals surface area contributed by atoms with Crippen LogP contribution in [0.5, 0.6) is 0 Å². The Balaban J connectivity index is 1.80. The van der Waals surface area contributed by atoms with Gasteiger partial charge in [0.05, 0.1) is 0 Å². The highest BCUT2D eigenvalue weighted by atomic mass is 32.2. The maximum atomic E-state index is 12.7. The van der Waals surface area contributed by atoms with Crippen molar-refractivity contribution in [3.05, 3.63) is 35.4 Å². The van der Waals surface area contributed by atoms with E-state index in [2.05, 4.69) is 18.1 Å². The number of rotatable bonds is 2. The van der Waals surface area contributed by atoms with Gasteiger partial charge in [-0.1, -0.05) is 17.7 Å². The van der Waals surface area contributed by atoms with Crippen LogP contribution < -0.4 is 0 Å². The molecule has 0 spiro atoms. The highest BCUT2D eigenvalue weighted by Gasteiger charge is 2.43. The van der Waals surface area contributed by atoms with Gasteiger partial charge in [-0.25, -0.2) is 0 Å². The minimum atomic E-state index is 0.243. The molecule has 19 heavy (non-hydrogen) atoms. The van der Waals surface area contributed by atoms with Gasteiger partial charge >= 0.3 is 0 Å². The van der Waals surface area contributed by atoms with Gasteiger partial charge in [0.1, 0.15) is 0 Å². The molecule has 0 aromatic heterocycles. The average Bonchev–Trinajstić information content (AvgIpc) is 2.69. The zero-order chi connectivity index (χ0) is 13.4. The Morgan fingerprint density at radius 2 is 1.74 bits per heavy atom. The molecule has 0 saturated carbocycles. The lowest BCUT2D eigenvalue weighted by molar-refractivity contribution is 0.0601. The van der Waals surface area contributed by atoms with Crippen LogP contribution in [0.15, 0.2) is 24.3 Å². The molecule has 0 N–H and O–H groups in total. The average molecular weight is 275 g/mol. The first-order valence-electron chi connectivity index (χ1n) is 7.11. The van der Waals surface area contributed by atoms with Crippen molar-refractivity contribution in [3.63, 3.8) is 0 Å². The number of aryl methyl sites for hydroxylation is 1. The molecule has 2 nitrogen and oxygen atoms in total. The normalized spacial score (nSPS) is 29.6. The van der Waals surface area contributed by atoms with E-state index in [1.165, 1.54) is 31.2 Å². The zero-order valence-electron chi connectivity index (χ0n) is 11.6. The topological polar surface area (TPSA) is 20.3 Å². The van der Waals surface area contributed by atoms with Gasteiger partial charge < -0.3 is 4.90 Å². The first-order valence-corrected chi connectivity index (χ1v) is 8.40. The number of fused-ring (bicyclic) bond motifs is 2. The number of carbonyl (C=O) groups excluding carboxylic acids is 1. The van der Waals surface area contributed by atoms with Crippen molar-refractivity contribution in [1.29, 1.82) is 0 Å². The van der Waals surface area contributed by atoms with E-state index in [9.17, 15) is 4.79 Å². The second-order valence-corrected chi connectivity index (χ2v) is 6.93. The molecule has 2 saturated heterocycles. The predicted molar refractivity (Wildman–Crippen MR) is 80.7 cm³/mol. The summed E-state index contributed by atoms with van der Waals surface area (Å²) >= 11 is 1.97. The standard InChI is InChI=1S/C16H21NOS/c1-11-3-5-12(6-4-11)16(18)17-13-7-8-14(17)10-15(9-13)19-2/h3-6,13-15H,7-10H2,1-2H3. The monoisotopic (exact) mass is 275 g/mol. The Morgan fingerprint density at radius 1 is 1.16 bits per heavy atom. The van der Waals surface area contributed by atoms with Crippen molar-refractivity contribution in [2.75, 3.05) is 6.26 Å². The summed E-state index contributed by atoms with van der Waals surface area (Å²) in [7, 11) is 0. The van der Waals surface area contributed by atoms with Crippen LogP contribution in [0.4, 0.5) is 0 Å². The molecule has 0 aliphatic carbocycles. The van der Waals surface area contributed by atoms with Crippen molar-refractivity contribution >= 4 is 17.7 Å². The molecular weight excluding hydrogens is 254 g/mol. The van der Waals surface area contributed by atoms with E-state index >= 15 is 0 Å². The minimum absolute atomic E-state index is 0.243. The van der Waals surface area contributed by atoms with Crippen molar-refractivity contribution in [2.45, 2.75) is 49.9 Å². The molecule has 1 aromatic rings. The summed E-state index contributed by atoms with van der Waals surface area (Å²) in [6, 6.07) is 8.96. The van der Waals surface area contributed by atoms with Gasteiger partial charge in [-0.15, -0.1) is 0 Å². The Kier molecular flexibility index (Phi) is 3.57. The summed E-state index contributed by atoms with van der Waals surface area (Å²) in [5.41, 5.74) is 2.06.